The first-order valence-corrected chi connectivity index (χ1v) is 9.08. The largest absolute Gasteiger partial charge is 0.179 e. The average Bonchev–Trinajstić information content (AvgIpc) is 2.17. The molecule has 0 amide bonds. The average molecular weight is 321 g/mol. The van der Waals surface area contributed by atoms with Crippen LogP contribution in [0.15, 0.2) is 0 Å². The minimum Gasteiger partial charge on any atom is -0.179 e. The van der Waals surface area contributed by atoms with E-state index in [-0.39, 0.29) is 4.58 Å². The van der Waals surface area contributed by atoms with E-state index in [1.807, 2.05) is 23.5 Å². The first-order valence-electron chi connectivity index (χ1n) is 4.90. The third kappa shape index (κ3) is 8.77. The van der Waals surface area contributed by atoms with Gasteiger partial charge >= 0.3 is 0 Å². The maximum absolute atomic E-state index is 4.35. The van der Waals surface area contributed by atoms with Gasteiger partial charge in [-0.2, -0.15) is 50.5 Å². The lowest BCUT2D eigenvalue weighted by Crippen LogP contribution is -2.15. The van der Waals surface area contributed by atoms with Crippen LogP contribution in [0.5, 0.6) is 0 Å². The molecule has 0 spiro atoms. The molecule has 0 radical (unpaired) electrons. The molecule has 3 unspecified atom stereocenters. The second-order valence-corrected chi connectivity index (χ2v) is 9.19. The van der Waals surface area contributed by atoms with Crippen LogP contribution in [0.2, 0.25) is 0 Å². The van der Waals surface area contributed by atoms with Gasteiger partial charge in [-0.25, -0.2) is 0 Å². The van der Waals surface area contributed by atoms with Gasteiger partial charge in [-0.05, 0) is 12.2 Å². The Balaban J connectivity index is 4.02. The van der Waals surface area contributed by atoms with Crippen LogP contribution in [0.1, 0.15) is 20.3 Å². The molecule has 0 saturated carbocycles. The number of thioether (sulfide) groups is 2. The van der Waals surface area contributed by atoms with Crippen molar-refractivity contribution < 1.29 is 0 Å². The molecule has 0 nitrogen and oxygen atoms in total. The van der Waals surface area contributed by atoms with E-state index in [9.17, 15) is 0 Å². The van der Waals surface area contributed by atoms with Gasteiger partial charge in [0.1, 0.15) is 0 Å². The lowest BCUT2D eigenvalue weighted by Gasteiger charge is -2.23. The molecule has 0 fully saturated rings. The van der Waals surface area contributed by atoms with E-state index in [1.165, 1.54) is 0 Å². The quantitative estimate of drug-likeness (QED) is 0.394. The molecular weight excluding hydrogens is 301 g/mol. The number of hydrogen-bond acceptors (Lipinski definition) is 6. The van der Waals surface area contributed by atoms with Gasteiger partial charge in [-0.1, -0.05) is 13.8 Å². The Labute approximate surface area is 125 Å². The second kappa shape index (κ2) is 10.1. The summed E-state index contributed by atoms with van der Waals surface area (Å²) in [7, 11) is 0. The molecule has 0 N–H and O–H groups in total. The molecule has 0 aromatic heterocycles. The van der Waals surface area contributed by atoms with Crippen LogP contribution in [0.25, 0.3) is 0 Å². The number of thiol groups is 4. The van der Waals surface area contributed by atoms with E-state index in [0.717, 1.165) is 17.9 Å². The molecule has 0 bridgehead atoms. The third-order valence-corrected chi connectivity index (χ3v) is 7.22. The Morgan fingerprint density at radius 3 is 2.07 bits per heavy atom. The molecule has 0 aliphatic rings. The lowest BCUT2D eigenvalue weighted by molar-refractivity contribution is 1.02. The van der Waals surface area contributed by atoms with Gasteiger partial charge in [0, 0.05) is 16.3 Å². The fourth-order valence-corrected chi connectivity index (χ4v) is 5.26. The fourth-order valence-electron chi connectivity index (χ4n) is 0.885. The van der Waals surface area contributed by atoms with Crippen LogP contribution in [0, 0.1) is 0 Å². The summed E-state index contributed by atoms with van der Waals surface area (Å²) < 4.78 is 0.728. The van der Waals surface area contributed by atoms with Crippen LogP contribution in [0.4, 0.5) is 0 Å². The van der Waals surface area contributed by atoms with Crippen molar-refractivity contribution in [2.24, 2.45) is 0 Å². The number of rotatable bonds is 8. The fraction of sp³-hybridized carbons (Fsp3) is 1.00. The van der Waals surface area contributed by atoms with Gasteiger partial charge in [0.25, 0.3) is 0 Å². The van der Waals surface area contributed by atoms with Crippen molar-refractivity contribution in [3.8, 4) is 0 Å². The molecule has 0 rings (SSSR count). The second-order valence-electron chi connectivity index (χ2n) is 3.33. The molecule has 0 saturated heterocycles. The third-order valence-electron chi connectivity index (χ3n) is 1.79. The summed E-state index contributed by atoms with van der Waals surface area (Å²) in [6.45, 7) is 4.39. The van der Waals surface area contributed by atoms with E-state index in [1.54, 1.807) is 0 Å². The minimum atomic E-state index is 0.143. The van der Waals surface area contributed by atoms with E-state index in [2.05, 4.69) is 64.4 Å². The van der Waals surface area contributed by atoms with Gasteiger partial charge in [0.05, 0.1) is 9.16 Å². The molecule has 6 heteroatoms. The van der Waals surface area contributed by atoms with Crippen molar-refractivity contribution in [1.82, 2.24) is 0 Å². The molecule has 3 atom stereocenters. The molecule has 0 aliphatic carbocycles. The van der Waals surface area contributed by atoms with Crippen molar-refractivity contribution in [3.63, 3.8) is 0 Å². The van der Waals surface area contributed by atoms with E-state index >= 15 is 0 Å². The maximum Gasteiger partial charge on any atom is 0.0558 e. The summed E-state index contributed by atoms with van der Waals surface area (Å²) in [5, 5.41) is 1.05. The monoisotopic (exact) mass is 320 g/mol. The van der Waals surface area contributed by atoms with Crippen molar-refractivity contribution >= 4 is 74.0 Å². The zero-order valence-corrected chi connectivity index (χ0v) is 14.2. The minimum absolute atomic E-state index is 0.143. The van der Waals surface area contributed by atoms with Crippen molar-refractivity contribution in [2.45, 2.75) is 39.9 Å². The topological polar surface area (TPSA) is 0 Å². The smallest absolute Gasteiger partial charge is 0.0558 e. The van der Waals surface area contributed by atoms with E-state index in [4.69, 9.17) is 0 Å². The van der Waals surface area contributed by atoms with Gasteiger partial charge < -0.3 is 0 Å². The molecule has 0 aliphatic heterocycles. The molecule has 92 valence electrons. The van der Waals surface area contributed by atoms with Crippen LogP contribution in [-0.2, 0) is 0 Å². The zero-order chi connectivity index (χ0) is 11.8. The normalized spacial score (nSPS) is 17.8. The lowest BCUT2D eigenvalue weighted by atomic mass is 10.5. The molecule has 0 aromatic rings. The van der Waals surface area contributed by atoms with Gasteiger partial charge in [-0.15, -0.1) is 23.5 Å². The van der Waals surface area contributed by atoms with Crippen LogP contribution in [0.3, 0.4) is 0 Å². The standard InChI is InChI=1S/C9H20S6/c1-6(5-11)14-8(3-4-10)15-7(2)9(12)13/h6-13H,3-5H2,1-2H3. The summed E-state index contributed by atoms with van der Waals surface area (Å²) in [4.78, 5) is 0. The first-order chi connectivity index (χ1) is 7.01. The van der Waals surface area contributed by atoms with Gasteiger partial charge in [0.15, 0.2) is 0 Å². The predicted molar refractivity (Wildman–Crippen MR) is 92.0 cm³/mol. The highest BCUT2D eigenvalue weighted by Crippen LogP contribution is 2.36. The first kappa shape index (κ1) is 17.1. The Bertz CT molecular complexity index is 152. The predicted octanol–water partition coefficient (Wildman–Crippen LogP) is 3.99. The zero-order valence-electron chi connectivity index (χ0n) is 9.04. The van der Waals surface area contributed by atoms with Crippen LogP contribution >= 0.6 is 74.0 Å². The summed E-state index contributed by atoms with van der Waals surface area (Å²) >= 11 is 21.2. The highest BCUT2D eigenvalue weighted by Gasteiger charge is 2.18. The van der Waals surface area contributed by atoms with Crippen LogP contribution in [-0.4, -0.2) is 31.2 Å². The molecule has 0 heterocycles. The highest BCUT2D eigenvalue weighted by molar-refractivity contribution is 8.18. The molecule has 15 heavy (non-hydrogen) atoms. The summed E-state index contributed by atoms with van der Waals surface area (Å²) in [5.74, 6) is 1.86. The van der Waals surface area contributed by atoms with Gasteiger partial charge in [-0.3, -0.25) is 0 Å². The Morgan fingerprint density at radius 2 is 1.67 bits per heavy atom. The summed E-state index contributed by atoms with van der Waals surface area (Å²) in [5.41, 5.74) is 0. The van der Waals surface area contributed by atoms with Crippen LogP contribution < -0.4 is 0 Å². The summed E-state index contributed by atoms with van der Waals surface area (Å²) in [6, 6.07) is 0. The van der Waals surface area contributed by atoms with Crippen molar-refractivity contribution in [1.29, 1.82) is 0 Å². The molecule has 0 aromatic carbocycles. The Kier molecular flexibility index (Phi) is 11.5. The van der Waals surface area contributed by atoms with E-state index in [0.29, 0.717) is 15.1 Å². The maximum atomic E-state index is 4.35. The van der Waals surface area contributed by atoms with E-state index < -0.39 is 0 Å². The Morgan fingerprint density at radius 1 is 1.07 bits per heavy atom. The number of hydrogen-bond donors (Lipinski definition) is 4. The summed E-state index contributed by atoms with van der Waals surface area (Å²) in [6.07, 6.45) is 1.12. The Hall–Kier alpha value is 2.10. The molecular formula is C9H20S6. The van der Waals surface area contributed by atoms with Crippen molar-refractivity contribution in [2.75, 3.05) is 11.5 Å². The highest BCUT2D eigenvalue weighted by atomic mass is 32.2. The SMILES string of the molecule is CC(CS)SC(CCS)SC(C)C(S)S. The van der Waals surface area contributed by atoms with Crippen molar-refractivity contribution in [3.05, 3.63) is 0 Å². The van der Waals surface area contributed by atoms with Gasteiger partial charge in [0.2, 0.25) is 0 Å².